The van der Waals surface area contributed by atoms with Crippen LogP contribution in [0.4, 0.5) is 5.69 Å². The number of methoxy groups -OCH3 is 1. The van der Waals surface area contributed by atoms with Gasteiger partial charge in [0.05, 0.1) is 12.8 Å². The van der Waals surface area contributed by atoms with Crippen LogP contribution in [-0.2, 0) is 19.6 Å². The lowest BCUT2D eigenvalue weighted by molar-refractivity contribution is 0.275. The van der Waals surface area contributed by atoms with Crippen LogP contribution in [0.5, 0.6) is 5.75 Å². The second-order valence-corrected chi connectivity index (χ2v) is 4.99. The van der Waals surface area contributed by atoms with E-state index in [9.17, 15) is 0 Å². The molecule has 0 atom stereocenters. The van der Waals surface area contributed by atoms with E-state index in [4.69, 9.17) is 10.5 Å². The molecule has 2 N–H and O–H groups in total. The average molecular weight is 254 g/mol. The van der Waals surface area contributed by atoms with Crippen LogP contribution in [0.25, 0.3) is 0 Å². The summed E-state index contributed by atoms with van der Waals surface area (Å²) in [7, 11) is 1.65. The summed E-state index contributed by atoms with van der Waals surface area (Å²) in [4.78, 5) is 2.43. The zero-order chi connectivity index (χ0) is 13.2. The summed E-state index contributed by atoms with van der Waals surface area (Å²) < 4.78 is 5.27. The van der Waals surface area contributed by atoms with Crippen molar-refractivity contribution in [2.24, 2.45) is 0 Å². The van der Waals surface area contributed by atoms with Crippen molar-refractivity contribution in [1.82, 2.24) is 4.90 Å². The smallest absolute Gasteiger partial charge is 0.142 e. The molecule has 3 nitrogen and oxygen atoms in total. The van der Waals surface area contributed by atoms with Gasteiger partial charge in [-0.25, -0.2) is 0 Å². The Hall–Kier alpha value is -2.00. The van der Waals surface area contributed by atoms with E-state index in [0.29, 0.717) is 5.69 Å². The standard InChI is InChI=1S/C16H18N2O/c1-19-16-8-12(6-7-15(16)17)9-18-10-13-4-2-3-5-14(13)11-18/h2-8H,9-11,17H2,1H3. The second-order valence-electron chi connectivity index (χ2n) is 4.99. The highest BCUT2D eigenvalue weighted by atomic mass is 16.5. The van der Waals surface area contributed by atoms with Crippen molar-refractivity contribution in [1.29, 1.82) is 0 Å². The molecule has 1 heterocycles. The van der Waals surface area contributed by atoms with E-state index in [0.717, 1.165) is 25.4 Å². The van der Waals surface area contributed by atoms with E-state index in [-0.39, 0.29) is 0 Å². The molecule has 0 saturated heterocycles. The number of nitrogens with two attached hydrogens (primary N) is 1. The minimum absolute atomic E-state index is 0.691. The Balaban J connectivity index is 1.74. The highest BCUT2D eigenvalue weighted by Gasteiger charge is 2.18. The topological polar surface area (TPSA) is 38.5 Å². The fourth-order valence-electron chi connectivity index (χ4n) is 2.63. The zero-order valence-electron chi connectivity index (χ0n) is 11.1. The van der Waals surface area contributed by atoms with E-state index < -0.39 is 0 Å². The summed E-state index contributed by atoms with van der Waals surface area (Å²) in [6.07, 6.45) is 0. The lowest BCUT2D eigenvalue weighted by Gasteiger charge is -2.16. The maximum atomic E-state index is 5.84. The molecular formula is C16H18N2O. The van der Waals surface area contributed by atoms with Crippen LogP contribution in [0, 0.1) is 0 Å². The Morgan fingerprint density at radius 3 is 2.42 bits per heavy atom. The van der Waals surface area contributed by atoms with Gasteiger partial charge in [0, 0.05) is 19.6 Å². The van der Waals surface area contributed by atoms with E-state index >= 15 is 0 Å². The quantitative estimate of drug-likeness (QED) is 0.856. The molecule has 3 rings (SSSR count). The molecule has 1 aliphatic heterocycles. The second kappa shape index (κ2) is 4.94. The average Bonchev–Trinajstić information content (AvgIpc) is 2.83. The van der Waals surface area contributed by atoms with Gasteiger partial charge in [0.15, 0.2) is 0 Å². The normalized spacial score (nSPS) is 14.4. The van der Waals surface area contributed by atoms with Crippen LogP contribution in [0.15, 0.2) is 42.5 Å². The first-order chi connectivity index (χ1) is 9.26. The molecule has 2 aromatic carbocycles. The Kier molecular flexibility index (Phi) is 3.13. The maximum absolute atomic E-state index is 5.84. The Bertz CT molecular complexity index is 570. The Labute approximate surface area is 113 Å². The van der Waals surface area contributed by atoms with Gasteiger partial charge in [-0.3, -0.25) is 4.90 Å². The largest absolute Gasteiger partial charge is 0.495 e. The van der Waals surface area contributed by atoms with Crippen molar-refractivity contribution in [3.05, 3.63) is 59.2 Å². The van der Waals surface area contributed by atoms with Crippen LogP contribution >= 0.6 is 0 Å². The molecule has 0 fully saturated rings. The first-order valence-electron chi connectivity index (χ1n) is 6.48. The molecule has 2 aromatic rings. The van der Waals surface area contributed by atoms with Gasteiger partial charge < -0.3 is 10.5 Å². The van der Waals surface area contributed by atoms with Crippen LogP contribution < -0.4 is 10.5 Å². The fourth-order valence-corrected chi connectivity index (χ4v) is 2.63. The minimum Gasteiger partial charge on any atom is -0.495 e. The van der Waals surface area contributed by atoms with Crippen LogP contribution in [0.1, 0.15) is 16.7 Å². The summed E-state index contributed by atoms with van der Waals surface area (Å²) in [6, 6.07) is 14.6. The summed E-state index contributed by atoms with van der Waals surface area (Å²) >= 11 is 0. The number of hydrogen-bond acceptors (Lipinski definition) is 3. The number of anilines is 1. The van der Waals surface area contributed by atoms with E-state index in [1.165, 1.54) is 16.7 Å². The third-order valence-corrected chi connectivity index (χ3v) is 3.61. The number of ether oxygens (including phenoxy) is 1. The zero-order valence-corrected chi connectivity index (χ0v) is 11.1. The summed E-state index contributed by atoms with van der Waals surface area (Å²) in [5.41, 5.74) is 10.6. The lowest BCUT2D eigenvalue weighted by Crippen LogP contribution is -2.15. The summed E-state index contributed by atoms with van der Waals surface area (Å²) in [5, 5.41) is 0. The number of benzene rings is 2. The first kappa shape index (κ1) is 12.1. The number of fused-ring (bicyclic) bond motifs is 1. The molecule has 3 heteroatoms. The van der Waals surface area contributed by atoms with E-state index in [1.807, 2.05) is 12.1 Å². The monoisotopic (exact) mass is 254 g/mol. The predicted molar refractivity (Wildman–Crippen MR) is 76.8 cm³/mol. The van der Waals surface area contributed by atoms with Gasteiger partial charge in [0.25, 0.3) is 0 Å². The first-order valence-corrected chi connectivity index (χ1v) is 6.48. The predicted octanol–water partition coefficient (Wildman–Crippen LogP) is 2.79. The molecule has 0 unspecified atom stereocenters. The van der Waals surface area contributed by atoms with Crippen molar-refractivity contribution >= 4 is 5.69 Å². The number of nitrogens with zero attached hydrogens (tertiary/aromatic N) is 1. The fraction of sp³-hybridized carbons (Fsp3) is 0.250. The molecule has 0 saturated carbocycles. The number of hydrogen-bond donors (Lipinski definition) is 1. The molecule has 19 heavy (non-hydrogen) atoms. The van der Waals surface area contributed by atoms with Crippen LogP contribution in [0.3, 0.4) is 0 Å². The highest BCUT2D eigenvalue weighted by molar-refractivity contribution is 5.53. The molecule has 0 spiro atoms. The van der Waals surface area contributed by atoms with Crippen molar-refractivity contribution in [2.45, 2.75) is 19.6 Å². The molecule has 0 amide bonds. The molecular weight excluding hydrogens is 236 g/mol. The van der Waals surface area contributed by atoms with Gasteiger partial charge in [-0.05, 0) is 28.8 Å². The summed E-state index contributed by atoms with van der Waals surface area (Å²) in [6.45, 7) is 2.96. The lowest BCUT2D eigenvalue weighted by atomic mass is 10.1. The SMILES string of the molecule is COc1cc(CN2Cc3ccccc3C2)ccc1N. The Morgan fingerprint density at radius 1 is 1.11 bits per heavy atom. The van der Waals surface area contributed by atoms with Crippen LogP contribution in [0.2, 0.25) is 0 Å². The third kappa shape index (κ3) is 2.42. The molecule has 0 radical (unpaired) electrons. The van der Waals surface area contributed by atoms with Gasteiger partial charge in [0.2, 0.25) is 0 Å². The molecule has 0 aliphatic carbocycles. The van der Waals surface area contributed by atoms with E-state index in [2.05, 4.69) is 35.2 Å². The maximum Gasteiger partial charge on any atom is 0.142 e. The molecule has 1 aliphatic rings. The van der Waals surface area contributed by atoms with Gasteiger partial charge in [-0.2, -0.15) is 0 Å². The third-order valence-electron chi connectivity index (χ3n) is 3.61. The van der Waals surface area contributed by atoms with Crippen molar-refractivity contribution < 1.29 is 4.74 Å². The molecule has 0 aromatic heterocycles. The van der Waals surface area contributed by atoms with Crippen LogP contribution in [-0.4, -0.2) is 12.0 Å². The van der Waals surface area contributed by atoms with Crippen molar-refractivity contribution in [2.75, 3.05) is 12.8 Å². The van der Waals surface area contributed by atoms with Gasteiger partial charge in [0.1, 0.15) is 5.75 Å². The number of rotatable bonds is 3. The van der Waals surface area contributed by atoms with Crippen molar-refractivity contribution in [3.8, 4) is 5.75 Å². The molecule has 0 bridgehead atoms. The van der Waals surface area contributed by atoms with Crippen molar-refractivity contribution in [3.63, 3.8) is 0 Å². The Morgan fingerprint density at radius 2 is 1.79 bits per heavy atom. The van der Waals surface area contributed by atoms with Gasteiger partial charge in [-0.15, -0.1) is 0 Å². The highest BCUT2D eigenvalue weighted by Crippen LogP contribution is 2.27. The summed E-state index contributed by atoms with van der Waals surface area (Å²) in [5.74, 6) is 0.759. The van der Waals surface area contributed by atoms with Gasteiger partial charge in [-0.1, -0.05) is 30.3 Å². The van der Waals surface area contributed by atoms with E-state index in [1.54, 1.807) is 7.11 Å². The molecule has 98 valence electrons. The minimum atomic E-state index is 0.691. The van der Waals surface area contributed by atoms with Gasteiger partial charge >= 0.3 is 0 Å². The number of nitrogen functional groups attached to an aromatic ring is 1.